The summed E-state index contributed by atoms with van der Waals surface area (Å²) in [6.07, 6.45) is 0.879. The zero-order valence-electron chi connectivity index (χ0n) is 23.1. The normalized spacial score (nSPS) is 17.3. The van der Waals surface area contributed by atoms with Gasteiger partial charge in [0.1, 0.15) is 16.3 Å². The van der Waals surface area contributed by atoms with Gasteiger partial charge in [-0.2, -0.15) is 0 Å². The number of thiophene rings is 1. The van der Waals surface area contributed by atoms with Gasteiger partial charge in [-0.3, -0.25) is 39.0 Å². The summed E-state index contributed by atoms with van der Waals surface area (Å²) < 4.78 is 38.9. The number of nitrogens with one attached hydrogen (secondary N) is 3. The van der Waals surface area contributed by atoms with Gasteiger partial charge in [0.2, 0.25) is 17.7 Å². The van der Waals surface area contributed by atoms with Gasteiger partial charge in [-0.15, -0.1) is 11.3 Å². The van der Waals surface area contributed by atoms with Crippen LogP contribution in [0.1, 0.15) is 52.1 Å². The Morgan fingerprint density at radius 1 is 1.21 bits per heavy atom. The van der Waals surface area contributed by atoms with Crippen molar-refractivity contribution in [3.05, 3.63) is 58.7 Å². The van der Waals surface area contributed by atoms with Gasteiger partial charge in [0.15, 0.2) is 15.7 Å². The third kappa shape index (κ3) is 6.19. The molecule has 0 saturated carbocycles. The fourth-order valence-corrected chi connectivity index (χ4v) is 7.14. The molecule has 1 aromatic carbocycles. The molecule has 16 heteroatoms. The van der Waals surface area contributed by atoms with Crippen molar-refractivity contribution in [2.24, 2.45) is 0 Å². The smallest absolute Gasteiger partial charge is 0.282 e. The molecular weight excluding hydrogens is 605 g/mol. The zero-order chi connectivity index (χ0) is 31.6. The van der Waals surface area contributed by atoms with E-state index in [-0.39, 0.29) is 59.1 Å². The Labute approximate surface area is 250 Å². The van der Waals surface area contributed by atoms with E-state index in [0.29, 0.717) is 0 Å². The van der Waals surface area contributed by atoms with Crippen molar-refractivity contribution < 1.29 is 41.6 Å². The van der Waals surface area contributed by atoms with Crippen molar-refractivity contribution >= 4 is 62.3 Å². The van der Waals surface area contributed by atoms with Gasteiger partial charge in [0, 0.05) is 43.6 Å². The number of hydrogen-bond acceptors (Lipinski definition) is 10. The maximum atomic E-state index is 14.2. The van der Waals surface area contributed by atoms with Gasteiger partial charge in [0.05, 0.1) is 11.1 Å². The molecule has 0 radical (unpaired) electrons. The minimum atomic E-state index is -3.82. The van der Waals surface area contributed by atoms with E-state index in [4.69, 9.17) is 0 Å². The van der Waals surface area contributed by atoms with E-state index < -0.39 is 63.2 Å². The van der Waals surface area contributed by atoms with Crippen LogP contribution in [0.3, 0.4) is 0 Å². The van der Waals surface area contributed by atoms with Crippen LogP contribution in [0.15, 0.2) is 46.3 Å². The fraction of sp³-hybridized carbons (Fsp3) is 0.333. The Kier molecular flexibility index (Phi) is 9.10. The number of piperidine rings is 1. The number of benzene rings is 1. The summed E-state index contributed by atoms with van der Waals surface area (Å²) in [5.74, 6) is -6.14. The van der Waals surface area contributed by atoms with Gasteiger partial charge in [-0.05, 0) is 36.9 Å². The molecule has 1 saturated heterocycles. The molecule has 6 amide bonds. The van der Waals surface area contributed by atoms with Crippen LogP contribution in [0.4, 0.5) is 10.1 Å². The number of nitrogens with zero attached hydrogens (tertiary/aromatic N) is 2. The molecule has 0 spiro atoms. The second-order valence-corrected chi connectivity index (χ2v) is 12.9. The third-order valence-corrected chi connectivity index (χ3v) is 9.66. The third-order valence-electron chi connectivity index (χ3n) is 6.83. The molecule has 2 aliphatic rings. The first-order chi connectivity index (χ1) is 20.3. The summed E-state index contributed by atoms with van der Waals surface area (Å²) in [6, 6.07) is 3.05. The van der Waals surface area contributed by atoms with E-state index in [0.717, 1.165) is 27.4 Å². The standard InChI is InChI=1S/C27H28FN5O8S2/c1-4-29-23(36)21(16-10-13-42-27(16)43(3,40)41)32(24(37)14(2)28)12-11-30-17-7-5-6-15-20(17)26(39)33(25(15)38)18-8-9-19(34)31-22(18)35/h5-7,10,13,18,21,30H,2,4,8-9,11-12H2,1,3H3,(H,29,36)(H,31,34,35). The van der Waals surface area contributed by atoms with Gasteiger partial charge >= 0.3 is 0 Å². The van der Waals surface area contributed by atoms with E-state index >= 15 is 0 Å². The van der Waals surface area contributed by atoms with Crippen LogP contribution in [-0.2, 0) is 29.0 Å². The number of carbonyl (C=O) groups is 6. The first kappa shape index (κ1) is 31.5. The van der Waals surface area contributed by atoms with Crippen molar-refractivity contribution in [1.29, 1.82) is 0 Å². The SMILES string of the molecule is C=C(F)C(=O)N(CCNc1cccc2c1C(=O)N(C1CCC(=O)NC1=O)C2=O)C(C(=O)NCC)c1ccsc1S(C)(=O)=O. The topological polar surface area (TPSA) is 179 Å². The molecule has 1 fully saturated rings. The van der Waals surface area contributed by atoms with Crippen LogP contribution in [-0.4, -0.2) is 85.6 Å². The lowest BCUT2D eigenvalue weighted by atomic mass is 10.0. The van der Waals surface area contributed by atoms with Crippen molar-refractivity contribution in [2.45, 2.75) is 36.1 Å². The predicted molar refractivity (Wildman–Crippen MR) is 152 cm³/mol. The molecule has 4 rings (SSSR count). The molecule has 43 heavy (non-hydrogen) atoms. The number of rotatable bonds is 11. The first-order valence-corrected chi connectivity index (χ1v) is 15.8. The lowest BCUT2D eigenvalue weighted by molar-refractivity contribution is -0.139. The molecule has 3 heterocycles. The highest BCUT2D eigenvalue weighted by Gasteiger charge is 2.45. The molecule has 3 N–H and O–H groups in total. The number of sulfone groups is 1. The second kappa shape index (κ2) is 12.4. The number of halogens is 1. The number of carbonyl (C=O) groups excluding carboxylic acids is 6. The van der Waals surface area contributed by atoms with Crippen molar-refractivity contribution in [1.82, 2.24) is 20.4 Å². The molecule has 2 aromatic rings. The monoisotopic (exact) mass is 633 g/mol. The van der Waals surface area contributed by atoms with Crippen LogP contribution in [0, 0.1) is 0 Å². The van der Waals surface area contributed by atoms with Crippen molar-refractivity contribution in [2.75, 3.05) is 31.2 Å². The van der Waals surface area contributed by atoms with Gasteiger partial charge < -0.3 is 15.5 Å². The summed E-state index contributed by atoms with van der Waals surface area (Å²) in [6.45, 7) is 4.27. The summed E-state index contributed by atoms with van der Waals surface area (Å²) in [5, 5.41) is 9.04. The number of imide groups is 2. The Balaban J connectivity index is 1.63. The average molecular weight is 634 g/mol. The van der Waals surface area contributed by atoms with E-state index in [1.807, 2.05) is 0 Å². The Morgan fingerprint density at radius 3 is 2.56 bits per heavy atom. The minimum absolute atomic E-state index is 0.0148. The predicted octanol–water partition coefficient (Wildman–Crippen LogP) is 1.15. The molecule has 13 nitrogen and oxygen atoms in total. The Hall–Kier alpha value is -4.44. The molecule has 0 aliphatic carbocycles. The summed E-state index contributed by atoms with van der Waals surface area (Å²) in [4.78, 5) is 78.2. The van der Waals surface area contributed by atoms with Gasteiger partial charge in [0.25, 0.3) is 17.7 Å². The number of fused-ring (bicyclic) bond motifs is 1. The second-order valence-electron chi connectivity index (χ2n) is 9.74. The largest absolute Gasteiger partial charge is 0.383 e. The van der Waals surface area contributed by atoms with Crippen molar-refractivity contribution in [3.63, 3.8) is 0 Å². The highest BCUT2D eigenvalue weighted by atomic mass is 32.2. The maximum Gasteiger partial charge on any atom is 0.282 e. The quantitative estimate of drug-likeness (QED) is 0.242. The number of anilines is 1. The van der Waals surface area contributed by atoms with Crippen LogP contribution in [0.25, 0.3) is 0 Å². The van der Waals surface area contributed by atoms with Crippen LogP contribution < -0.4 is 16.0 Å². The molecule has 228 valence electrons. The summed E-state index contributed by atoms with van der Waals surface area (Å²) in [7, 11) is -3.82. The number of hydrogen-bond donors (Lipinski definition) is 3. The molecule has 2 aliphatic heterocycles. The van der Waals surface area contributed by atoms with Crippen molar-refractivity contribution in [3.8, 4) is 0 Å². The fourth-order valence-electron chi connectivity index (χ4n) is 5.01. The lowest BCUT2D eigenvalue weighted by Crippen LogP contribution is -2.54. The van der Waals surface area contributed by atoms with Gasteiger partial charge in [-0.25, -0.2) is 12.8 Å². The van der Waals surface area contributed by atoms with Crippen LogP contribution in [0.2, 0.25) is 0 Å². The maximum absolute atomic E-state index is 14.2. The lowest BCUT2D eigenvalue weighted by Gasteiger charge is -2.31. The molecular formula is C27H28FN5O8S2. The molecule has 2 unspecified atom stereocenters. The molecule has 2 atom stereocenters. The number of amides is 6. The van der Waals surface area contributed by atoms with E-state index in [1.54, 1.807) is 6.92 Å². The highest BCUT2D eigenvalue weighted by Crippen LogP contribution is 2.34. The highest BCUT2D eigenvalue weighted by molar-refractivity contribution is 7.92. The van der Waals surface area contributed by atoms with E-state index in [1.165, 1.54) is 29.6 Å². The minimum Gasteiger partial charge on any atom is -0.383 e. The molecule has 1 aromatic heterocycles. The van der Waals surface area contributed by atoms with Crippen LogP contribution in [0.5, 0.6) is 0 Å². The molecule has 0 bridgehead atoms. The van der Waals surface area contributed by atoms with Crippen LogP contribution >= 0.6 is 11.3 Å². The zero-order valence-corrected chi connectivity index (χ0v) is 24.8. The van der Waals surface area contributed by atoms with E-state index in [9.17, 15) is 41.6 Å². The van der Waals surface area contributed by atoms with E-state index in [2.05, 4.69) is 22.5 Å². The average Bonchev–Trinajstić information content (AvgIpc) is 3.52. The number of likely N-dealkylation sites (N-methyl/N-ethyl adjacent to an activating group) is 1. The first-order valence-electron chi connectivity index (χ1n) is 13.1. The van der Waals surface area contributed by atoms with Gasteiger partial charge in [-0.1, -0.05) is 12.6 Å². The summed E-state index contributed by atoms with van der Waals surface area (Å²) >= 11 is 0.846. The summed E-state index contributed by atoms with van der Waals surface area (Å²) in [5.41, 5.74) is 0.122. The Morgan fingerprint density at radius 2 is 1.93 bits per heavy atom. The Bertz CT molecular complexity index is 1650.